The van der Waals surface area contributed by atoms with Crippen molar-refractivity contribution in [2.24, 2.45) is 0 Å². The standard InChI is InChI=1S/C10H10F3N5/c1-17(2)10-15-9(14)18(16-10)8-4-6(12)5(11)3-7(8)13/h3-4H,1-2H3,(H2,14,15,16). The van der Waals surface area contributed by atoms with Crippen LogP contribution < -0.4 is 10.6 Å². The zero-order valence-corrected chi connectivity index (χ0v) is 9.65. The number of rotatable bonds is 2. The molecule has 0 saturated carbocycles. The van der Waals surface area contributed by atoms with Crippen molar-refractivity contribution in [2.75, 3.05) is 24.7 Å². The molecule has 5 nitrogen and oxygen atoms in total. The number of hydrogen-bond acceptors (Lipinski definition) is 4. The molecule has 0 radical (unpaired) electrons. The summed E-state index contributed by atoms with van der Waals surface area (Å²) in [6, 6.07) is 1.11. The predicted molar refractivity (Wildman–Crippen MR) is 60.0 cm³/mol. The second-order valence-corrected chi connectivity index (χ2v) is 3.79. The minimum absolute atomic E-state index is 0.122. The van der Waals surface area contributed by atoms with Gasteiger partial charge in [-0.15, -0.1) is 5.10 Å². The first kappa shape index (κ1) is 12.2. The van der Waals surface area contributed by atoms with E-state index < -0.39 is 17.5 Å². The summed E-state index contributed by atoms with van der Waals surface area (Å²) in [5.41, 5.74) is 5.25. The average Bonchev–Trinajstić information content (AvgIpc) is 2.66. The van der Waals surface area contributed by atoms with E-state index in [1.807, 2.05) is 0 Å². The third-order valence-electron chi connectivity index (χ3n) is 2.24. The second kappa shape index (κ2) is 4.21. The Morgan fingerprint density at radius 2 is 1.72 bits per heavy atom. The van der Waals surface area contributed by atoms with Gasteiger partial charge in [0.25, 0.3) is 0 Å². The fourth-order valence-corrected chi connectivity index (χ4v) is 1.35. The normalized spacial score (nSPS) is 10.7. The van der Waals surface area contributed by atoms with E-state index in [0.717, 1.165) is 4.68 Å². The van der Waals surface area contributed by atoms with Gasteiger partial charge in [0.2, 0.25) is 11.9 Å². The number of halogens is 3. The molecule has 0 aliphatic heterocycles. The van der Waals surface area contributed by atoms with Gasteiger partial charge in [-0.05, 0) is 0 Å². The second-order valence-electron chi connectivity index (χ2n) is 3.79. The zero-order chi connectivity index (χ0) is 13.4. The van der Waals surface area contributed by atoms with Gasteiger partial charge in [0.15, 0.2) is 17.5 Å². The van der Waals surface area contributed by atoms with Crippen molar-refractivity contribution in [3.63, 3.8) is 0 Å². The van der Waals surface area contributed by atoms with Crippen molar-refractivity contribution < 1.29 is 13.2 Å². The Hall–Kier alpha value is -2.25. The molecule has 1 heterocycles. The van der Waals surface area contributed by atoms with Crippen LogP contribution in [0.5, 0.6) is 0 Å². The summed E-state index contributed by atoms with van der Waals surface area (Å²) < 4.78 is 40.3. The molecule has 0 aliphatic carbocycles. The fourth-order valence-electron chi connectivity index (χ4n) is 1.35. The molecule has 0 aliphatic rings. The number of nitrogen functional groups attached to an aromatic ring is 1. The summed E-state index contributed by atoms with van der Waals surface area (Å²) in [6.07, 6.45) is 0. The van der Waals surface area contributed by atoms with Crippen LogP contribution >= 0.6 is 0 Å². The van der Waals surface area contributed by atoms with Crippen LogP contribution in [-0.2, 0) is 0 Å². The maximum atomic E-state index is 13.5. The van der Waals surface area contributed by atoms with Crippen LogP contribution in [0.1, 0.15) is 0 Å². The van der Waals surface area contributed by atoms with Crippen LogP contribution in [0.3, 0.4) is 0 Å². The van der Waals surface area contributed by atoms with Gasteiger partial charge in [-0.3, -0.25) is 0 Å². The lowest BCUT2D eigenvalue weighted by Gasteiger charge is -2.06. The molecule has 0 atom stereocenters. The van der Waals surface area contributed by atoms with E-state index in [-0.39, 0.29) is 17.6 Å². The topological polar surface area (TPSA) is 60.0 Å². The van der Waals surface area contributed by atoms with E-state index in [0.29, 0.717) is 12.1 Å². The van der Waals surface area contributed by atoms with Gasteiger partial charge >= 0.3 is 0 Å². The minimum Gasteiger partial charge on any atom is -0.368 e. The molecule has 0 spiro atoms. The van der Waals surface area contributed by atoms with Crippen LogP contribution in [0.2, 0.25) is 0 Å². The third kappa shape index (κ3) is 1.96. The van der Waals surface area contributed by atoms with Crippen LogP contribution in [0, 0.1) is 17.5 Å². The molecule has 0 amide bonds. The molecule has 2 aromatic rings. The maximum absolute atomic E-state index is 13.5. The Kier molecular flexibility index (Phi) is 2.85. The summed E-state index contributed by atoms with van der Waals surface area (Å²) in [5.74, 6) is -3.33. The van der Waals surface area contributed by atoms with Crippen LogP contribution in [0.4, 0.5) is 25.1 Å². The Labute approximate surface area is 101 Å². The quantitative estimate of drug-likeness (QED) is 0.824. The lowest BCUT2D eigenvalue weighted by atomic mass is 10.3. The van der Waals surface area contributed by atoms with Gasteiger partial charge in [-0.25, -0.2) is 13.2 Å². The number of benzene rings is 1. The molecule has 2 rings (SSSR count). The highest BCUT2D eigenvalue weighted by Crippen LogP contribution is 2.20. The highest BCUT2D eigenvalue weighted by molar-refractivity contribution is 5.43. The zero-order valence-electron chi connectivity index (χ0n) is 9.65. The summed E-state index contributed by atoms with van der Waals surface area (Å²) in [5, 5.41) is 3.89. The van der Waals surface area contributed by atoms with E-state index in [1.54, 1.807) is 19.0 Å². The van der Waals surface area contributed by atoms with Crippen molar-refractivity contribution in [3.05, 3.63) is 29.6 Å². The van der Waals surface area contributed by atoms with Gasteiger partial charge in [-0.1, -0.05) is 0 Å². The number of nitrogens with zero attached hydrogens (tertiary/aromatic N) is 4. The minimum atomic E-state index is -1.28. The van der Waals surface area contributed by atoms with Crippen LogP contribution in [0.15, 0.2) is 12.1 Å². The molecular formula is C10H10F3N5. The van der Waals surface area contributed by atoms with Gasteiger partial charge in [0, 0.05) is 26.2 Å². The molecular weight excluding hydrogens is 247 g/mol. The first-order valence-electron chi connectivity index (χ1n) is 4.95. The highest BCUT2D eigenvalue weighted by Gasteiger charge is 2.16. The lowest BCUT2D eigenvalue weighted by Crippen LogP contribution is -2.11. The molecule has 0 fully saturated rings. The summed E-state index contributed by atoms with van der Waals surface area (Å²) >= 11 is 0. The smallest absolute Gasteiger partial charge is 0.246 e. The molecule has 0 bridgehead atoms. The van der Waals surface area contributed by atoms with Crippen molar-refractivity contribution >= 4 is 11.9 Å². The lowest BCUT2D eigenvalue weighted by molar-refractivity contribution is 0.491. The Morgan fingerprint density at radius 1 is 1.11 bits per heavy atom. The molecule has 1 aromatic carbocycles. The summed E-state index contributed by atoms with van der Waals surface area (Å²) in [4.78, 5) is 5.40. The van der Waals surface area contributed by atoms with Crippen molar-refractivity contribution in [3.8, 4) is 5.69 Å². The van der Waals surface area contributed by atoms with E-state index in [2.05, 4.69) is 10.1 Å². The van der Waals surface area contributed by atoms with Crippen molar-refractivity contribution in [2.45, 2.75) is 0 Å². The molecule has 8 heteroatoms. The Balaban J connectivity index is 2.58. The first-order valence-corrected chi connectivity index (χ1v) is 4.95. The monoisotopic (exact) mass is 257 g/mol. The number of aromatic nitrogens is 3. The average molecular weight is 257 g/mol. The molecule has 18 heavy (non-hydrogen) atoms. The van der Waals surface area contributed by atoms with Gasteiger partial charge < -0.3 is 10.6 Å². The van der Waals surface area contributed by atoms with E-state index in [1.165, 1.54) is 0 Å². The molecule has 2 N–H and O–H groups in total. The van der Waals surface area contributed by atoms with Gasteiger partial charge in [-0.2, -0.15) is 9.67 Å². The van der Waals surface area contributed by atoms with Crippen molar-refractivity contribution in [1.82, 2.24) is 14.8 Å². The highest BCUT2D eigenvalue weighted by atomic mass is 19.2. The number of hydrogen-bond donors (Lipinski definition) is 1. The first-order chi connectivity index (χ1) is 8.40. The third-order valence-corrected chi connectivity index (χ3v) is 2.24. The Morgan fingerprint density at radius 3 is 2.28 bits per heavy atom. The molecule has 0 unspecified atom stereocenters. The SMILES string of the molecule is CN(C)c1nc(N)n(-c2cc(F)c(F)cc2F)n1. The summed E-state index contributed by atoms with van der Waals surface area (Å²) in [7, 11) is 3.33. The van der Waals surface area contributed by atoms with Gasteiger partial charge in [0.05, 0.1) is 0 Å². The van der Waals surface area contributed by atoms with E-state index in [4.69, 9.17) is 5.73 Å². The van der Waals surface area contributed by atoms with Crippen LogP contribution in [0.25, 0.3) is 5.69 Å². The molecule has 0 saturated heterocycles. The van der Waals surface area contributed by atoms with Crippen LogP contribution in [-0.4, -0.2) is 28.9 Å². The fraction of sp³-hybridized carbons (Fsp3) is 0.200. The summed E-state index contributed by atoms with van der Waals surface area (Å²) in [6.45, 7) is 0. The largest absolute Gasteiger partial charge is 0.368 e. The Bertz CT molecular complexity index is 593. The van der Waals surface area contributed by atoms with Gasteiger partial charge in [0.1, 0.15) is 5.69 Å². The van der Waals surface area contributed by atoms with Crippen molar-refractivity contribution in [1.29, 1.82) is 0 Å². The number of anilines is 2. The predicted octanol–water partition coefficient (Wildman–Crippen LogP) is 1.33. The molecule has 1 aromatic heterocycles. The van der Waals surface area contributed by atoms with E-state index >= 15 is 0 Å². The maximum Gasteiger partial charge on any atom is 0.246 e. The number of nitrogens with two attached hydrogens (primary N) is 1. The van der Waals surface area contributed by atoms with E-state index in [9.17, 15) is 13.2 Å². The molecule has 96 valence electrons.